The van der Waals surface area contributed by atoms with E-state index in [2.05, 4.69) is 51.3 Å². The molecule has 2 fully saturated rings. The number of rotatable bonds is 2. The zero-order valence-corrected chi connectivity index (χ0v) is 15.4. The average molecular weight is 295 g/mol. The van der Waals surface area contributed by atoms with Gasteiger partial charge in [0.15, 0.2) is 0 Å². The highest BCUT2D eigenvalue weighted by molar-refractivity contribution is 4.85. The fourth-order valence-corrected chi connectivity index (χ4v) is 4.08. The molecule has 21 heavy (non-hydrogen) atoms. The molecule has 0 saturated carbocycles. The van der Waals surface area contributed by atoms with Crippen LogP contribution >= 0.6 is 0 Å². The summed E-state index contributed by atoms with van der Waals surface area (Å²) in [5, 5.41) is 0. The molecule has 0 aromatic carbocycles. The third-order valence-electron chi connectivity index (χ3n) is 5.81. The molecule has 0 N–H and O–H groups in total. The van der Waals surface area contributed by atoms with Gasteiger partial charge in [0.2, 0.25) is 0 Å². The van der Waals surface area contributed by atoms with E-state index < -0.39 is 0 Å². The first-order chi connectivity index (χ1) is 9.66. The Morgan fingerprint density at radius 2 is 1.48 bits per heavy atom. The normalized spacial score (nSPS) is 28.0. The van der Waals surface area contributed by atoms with Crippen molar-refractivity contribution < 1.29 is 0 Å². The molecule has 1 atom stereocenters. The summed E-state index contributed by atoms with van der Waals surface area (Å²) in [6.07, 6.45) is 5.63. The SMILES string of the molecule is CC(C)(C)C1CCCN(CC2CCN(C(C)(C)C)CC2)C1. The number of hydrogen-bond donors (Lipinski definition) is 0. The standard InChI is InChI=1S/C19H38N2/c1-18(2,3)17-8-7-11-20(15-17)14-16-9-12-21(13-10-16)19(4,5)6/h16-17H,7-15H2,1-6H3. The summed E-state index contributed by atoms with van der Waals surface area (Å²) in [6.45, 7) is 20.9. The Hall–Kier alpha value is -0.0800. The van der Waals surface area contributed by atoms with Gasteiger partial charge < -0.3 is 4.90 Å². The smallest absolute Gasteiger partial charge is 0.0125 e. The van der Waals surface area contributed by atoms with Gasteiger partial charge in [-0.25, -0.2) is 0 Å². The lowest BCUT2D eigenvalue weighted by molar-refractivity contribution is 0.0513. The van der Waals surface area contributed by atoms with E-state index in [4.69, 9.17) is 0 Å². The van der Waals surface area contributed by atoms with E-state index in [9.17, 15) is 0 Å². The fourth-order valence-electron chi connectivity index (χ4n) is 4.08. The van der Waals surface area contributed by atoms with Crippen molar-refractivity contribution in [1.29, 1.82) is 0 Å². The van der Waals surface area contributed by atoms with Crippen molar-refractivity contribution in [3.8, 4) is 0 Å². The molecular weight excluding hydrogens is 256 g/mol. The summed E-state index contributed by atoms with van der Waals surface area (Å²) in [4.78, 5) is 5.44. The van der Waals surface area contributed by atoms with Gasteiger partial charge in [-0.1, -0.05) is 20.8 Å². The maximum Gasteiger partial charge on any atom is 0.0125 e. The third-order valence-corrected chi connectivity index (χ3v) is 5.81. The molecule has 2 saturated heterocycles. The van der Waals surface area contributed by atoms with Crippen molar-refractivity contribution in [1.82, 2.24) is 9.80 Å². The molecule has 2 rings (SSSR count). The molecular formula is C19H38N2. The number of piperidine rings is 2. The topological polar surface area (TPSA) is 6.48 Å². The van der Waals surface area contributed by atoms with Gasteiger partial charge in [-0.15, -0.1) is 0 Å². The van der Waals surface area contributed by atoms with Gasteiger partial charge in [0, 0.05) is 18.6 Å². The van der Waals surface area contributed by atoms with E-state index in [1.807, 2.05) is 0 Å². The van der Waals surface area contributed by atoms with Crippen molar-refractivity contribution in [2.24, 2.45) is 17.3 Å². The Bertz CT molecular complexity index is 315. The summed E-state index contributed by atoms with van der Waals surface area (Å²) in [5.41, 5.74) is 0.835. The predicted octanol–water partition coefficient (Wildman–Crippen LogP) is 4.26. The van der Waals surface area contributed by atoms with E-state index in [0.29, 0.717) is 11.0 Å². The van der Waals surface area contributed by atoms with Gasteiger partial charge in [0.05, 0.1) is 0 Å². The second-order valence-electron chi connectivity index (χ2n) is 9.57. The molecule has 2 aliphatic rings. The van der Waals surface area contributed by atoms with Gasteiger partial charge in [-0.3, -0.25) is 4.90 Å². The molecule has 1 unspecified atom stereocenters. The van der Waals surface area contributed by atoms with Crippen molar-refractivity contribution in [3.63, 3.8) is 0 Å². The van der Waals surface area contributed by atoms with Crippen molar-refractivity contribution in [2.45, 2.75) is 72.8 Å². The maximum atomic E-state index is 2.77. The van der Waals surface area contributed by atoms with Crippen LogP contribution in [0, 0.1) is 17.3 Å². The van der Waals surface area contributed by atoms with E-state index in [1.165, 1.54) is 58.4 Å². The van der Waals surface area contributed by atoms with Gasteiger partial charge in [-0.05, 0) is 83.3 Å². The molecule has 124 valence electrons. The van der Waals surface area contributed by atoms with Crippen LogP contribution in [0.1, 0.15) is 67.2 Å². The quantitative estimate of drug-likeness (QED) is 0.751. The molecule has 2 heteroatoms. The predicted molar refractivity (Wildman–Crippen MR) is 92.7 cm³/mol. The van der Waals surface area contributed by atoms with Crippen LogP contribution in [0.2, 0.25) is 0 Å². The molecule has 0 aliphatic carbocycles. The Labute approximate surface area is 133 Å². The molecule has 0 bridgehead atoms. The van der Waals surface area contributed by atoms with Crippen molar-refractivity contribution >= 4 is 0 Å². The lowest BCUT2D eigenvalue weighted by atomic mass is 9.76. The van der Waals surface area contributed by atoms with Crippen LogP contribution in [-0.2, 0) is 0 Å². The summed E-state index contributed by atoms with van der Waals surface area (Å²) in [6, 6.07) is 0. The van der Waals surface area contributed by atoms with Crippen LogP contribution in [0.5, 0.6) is 0 Å². The molecule has 0 aromatic rings. The first-order valence-corrected chi connectivity index (χ1v) is 9.13. The first-order valence-electron chi connectivity index (χ1n) is 9.13. The van der Waals surface area contributed by atoms with E-state index in [-0.39, 0.29) is 0 Å². The molecule has 2 nitrogen and oxygen atoms in total. The van der Waals surface area contributed by atoms with Crippen molar-refractivity contribution in [2.75, 3.05) is 32.7 Å². The van der Waals surface area contributed by atoms with Crippen LogP contribution < -0.4 is 0 Å². The van der Waals surface area contributed by atoms with Crippen LogP contribution in [0.25, 0.3) is 0 Å². The highest BCUT2D eigenvalue weighted by Gasteiger charge is 2.32. The largest absolute Gasteiger partial charge is 0.303 e. The Morgan fingerprint density at radius 1 is 0.857 bits per heavy atom. The minimum atomic E-state index is 0.355. The lowest BCUT2D eigenvalue weighted by Crippen LogP contribution is -2.48. The summed E-state index contributed by atoms with van der Waals surface area (Å²) >= 11 is 0. The second-order valence-corrected chi connectivity index (χ2v) is 9.57. The highest BCUT2D eigenvalue weighted by atomic mass is 15.2. The van der Waals surface area contributed by atoms with E-state index in [0.717, 1.165) is 11.8 Å². The van der Waals surface area contributed by atoms with E-state index >= 15 is 0 Å². The van der Waals surface area contributed by atoms with Crippen LogP contribution in [0.4, 0.5) is 0 Å². The third kappa shape index (κ3) is 4.96. The summed E-state index contributed by atoms with van der Waals surface area (Å²) < 4.78 is 0. The van der Waals surface area contributed by atoms with E-state index in [1.54, 1.807) is 0 Å². The number of hydrogen-bond acceptors (Lipinski definition) is 2. The van der Waals surface area contributed by atoms with Gasteiger partial charge in [0.1, 0.15) is 0 Å². The van der Waals surface area contributed by atoms with Crippen molar-refractivity contribution in [3.05, 3.63) is 0 Å². The number of likely N-dealkylation sites (tertiary alicyclic amines) is 2. The molecule has 0 spiro atoms. The monoisotopic (exact) mass is 294 g/mol. The molecule has 0 aromatic heterocycles. The van der Waals surface area contributed by atoms with Gasteiger partial charge in [0.25, 0.3) is 0 Å². The molecule has 0 radical (unpaired) electrons. The average Bonchev–Trinajstić information content (AvgIpc) is 2.37. The lowest BCUT2D eigenvalue weighted by Gasteiger charge is -2.44. The highest BCUT2D eigenvalue weighted by Crippen LogP contribution is 2.34. The minimum Gasteiger partial charge on any atom is -0.303 e. The van der Waals surface area contributed by atoms with Crippen LogP contribution in [-0.4, -0.2) is 48.1 Å². The van der Waals surface area contributed by atoms with Gasteiger partial charge in [-0.2, -0.15) is 0 Å². The number of nitrogens with zero attached hydrogens (tertiary/aromatic N) is 2. The second kappa shape index (κ2) is 6.58. The zero-order valence-electron chi connectivity index (χ0n) is 15.4. The summed E-state index contributed by atoms with van der Waals surface area (Å²) in [5.74, 6) is 1.82. The maximum absolute atomic E-state index is 2.77. The zero-order chi connectivity index (χ0) is 15.7. The van der Waals surface area contributed by atoms with Crippen LogP contribution in [0.3, 0.4) is 0 Å². The fraction of sp³-hybridized carbons (Fsp3) is 1.00. The molecule has 2 aliphatic heterocycles. The molecule has 0 amide bonds. The summed E-state index contributed by atoms with van der Waals surface area (Å²) in [7, 11) is 0. The molecule has 2 heterocycles. The minimum absolute atomic E-state index is 0.355. The first kappa shape index (κ1) is 17.3. The van der Waals surface area contributed by atoms with Gasteiger partial charge >= 0.3 is 0 Å². The Balaban J connectivity index is 1.78. The Kier molecular flexibility index (Phi) is 5.41. The Morgan fingerprint density at radius 3 is 2.00 bits per heavy atom. The van der Waals surface area contributed by atoms with Crippen LogP contribution in [0.15, 0.2) is 0 Å².